The van der Waals surface area contributed by atoms with E-state index in [2.05, 4.69) is 41.7 Å². The number of fused-ring (bicyclic) bond motifs is 4. The molecule has 0 radical (unpaired) electrons. The van der Waals surface area contributed by atoms with Gasteiger partial charge in [-0.25, -0.2) is 9.78 Å². The van der Waals surface area contributed by atoms with Crippen LogP contribution in [0.4, 0.5) is 10.6 Å². The van der Waals surface area contributed by atoms with E-state index in [1.165, 1.54) is 0 Å². The molecule has 8 heteroatoms. The highest BCUT2D eigenvalue weighted by molar-refractivity contribution is 5.93. The molecule has 1 unspecified atom stereocenters. The van der Waals surface area contributed by atoms with Gasteiger partial charge in [0.2, 0.25) is 5.91 Å². The SMILES string of the molecule is CC(C)(C)CNC(=O)N[C@@H]1C2Oc3ccc(Oc4ccnc5c4CCC(=O)N5)cc3[C@H]21. The number of nitrogens with one attached hydrogen (secondary N) is 3. The number of carbonyl (C=O) groups excluding carboxylic acids is 2. The molecule has 1 aromatic heterocycles. The second kappa shape index (κ2) is 7.14. The van der Waals surface area contributed by atoms with Crippen molar-refractivity contribution in [3.8, 4) is 17.2 Å². The van der Waals surface area contributed by atoms with Gasteiger partial charge in [-0.15, -0.1) is 0 Å². The molecule has 8 nitrogen and oxygen atoms in total. The zero-order valence-corrected chi connectivity index (χ0v) is 17.8. The molecule has 162 valence electrons. The number of nitrogens with zero attached hydrogens (tertiary/aromatic N) is 1. The molecule has 0 spiro atoms. The molecule has 1 aromatic carbocycles. The minimum atomic E-state index is -0.169. The fourth-order valence-corrected chi connectivity index (χ4v) is 4.10. The first-order chi connectivity index (χ1) is 14.8. The number of anilines is 1. The van der Waals surface area contributed by atoms with Crippen LogP contribution in [0.15, 0.2) is 30.5 Å². The van der Waals surface area contributed by atoms with Crippen molar-refractivity contribution in [1.29, 1.82) is 0 Å². The molecule has 5 rings (SSSR count). The van der Waals surface area contributed by atoms with Crippen LogP contribution in [-0.2, 0) is 11.2 Å². The Bertz CT molecular complexity index is 1060. The van der Waals surface area contributed by atoms with Gasteiger partial charge >= 0.3 is 6.03 Å². The van der Waals surface area contributed by atoms with Gasteiger partial charge in [-0.3, -0.25) is 4.79 Å². The lowest BCUT2D eigenvalue weighted by Crippen LogP contribution is -2.42. The van der Waals surface area contributed by atoms with E-state index in [4.69, 9.17) is 9.47 Å². The second-order valence-electron chi connectivity index (χ2n) is 9.51. The lowest BCUT2D eigenvalue weighted by Gasteiger charge is -2.20. The topological polar surface area (TPSA) is 102 Å². The molecule has 0 bridgehead atoms. The number of amides is 3. The smallest absolute Gasteiger partial charge is 0.315 e. The summed E-state index contributed by atoms with van der Waals surface area (Å²) in [5.74, 6) is 2.87. The van der Waals surface area contributed by atoms with Crippen molar-refractivity contribution in [2.45, 2.75) is 51.7 Å². The molecular formula is C23H26N4O4. The quantitative estimate of drug-likeness (QED) is 0.702. The molecule has 2 aliphatic heterocycles. The number of rotatable bonds is 4. The highest BCUT2D eigenvalue weighted by Crippen LogP contribution is 2.54. The Morgan fingerprint density at radius 3 is 2.94 bits per heavy atom. The third-order valence-electron chi connectivity index (χ3n) is 5.73. The lowest BCUT2D eigenvalue weighted by molar-refractivity contribution is -0.116. The zero-order valence-electron chi connectivity index (χ0n) is 17.8. The van der Waals surface area contributed by atoms with Gasteiger partial charge in [0.15, 0.2) is 0 Å². The van der Waals surface area contributed by atoms with Crippen molar-refractivity contribution in [3.05, 3.63) is 41.6 Å². The monoisotopic (exact) mass is 422 g/mol. The summed E-state index contributed by atoms with van der Waals surface area (Å²) in [6.07, 6.45) is 2.61. The maximum Gasteiger partial charge on any atom is 0.315 e. The van der Waals surface area contributed by atoms with E-state index in [-0.39, 0.29) is 35.4 Å². The molecular weight excluding hydrogens is 396 g/mol. The number of hydrogen-bond acceptors (Lipinski definition) is 5. The van der Waals surface area contributed by atoms with Crippen molar-refractivity contribution in [2.75, 3.05) is 11.9 Å². The Labute approximate surface area is 180 Å². The van der Waals surface area contributed by atoms with E-state index in [0.717, 1.165) is 16.9 Å². The third kappa shape index (κ3) is 3.89. The van der Waals surface area contributed by atoms with Gasteiger partial charge in [0.25, 0.3) is 0 Å². The van der Waals surface area contributed by atoms with E-state index < -0.39 is 0 Å². The Hall–Kier alpha value is -3.29. The Kier molecular flexibility index (Phi) is 4.53. The number of aromatic nitrogens is 1. The Morgan fingerprint density at radius 2 is 2.13 bits per heavy atom. The van der Waals surface area contributed by atoms with Gasteiger partial charge in [0, 0.05) is 30.3 Å². The molecule has 3 atom stereocenters. The molecule has 1 saturated carbocycles. The lowest BCUT2D eigenvalue weighted by atomic mass is 9.97. The van der Waals surface area contributed by atoms with Crippen LogP contribution in [0.2, 0.25) is 0 Å². The number of pyridine rings is 1. The molecule has 3 amide bonds. The molecule has 1 fully saturated rings. The Balaban J connectivity index is 1.27. The van der Waals surface area contributed by atoms with E-state index >= 15 is 0 Å². The van der Waals surface area contributed by atoms with Crippen molar-refractivity contribution in [2.24, 2.45) is 5.41 Å². The van der Waals surface area contributed by atoms with Gasteiger partial charge < -0.3 is 25.4 Å². The summed E-state index contributed by atoms with van der Waals surface area (Å²) in [4.78, 5) is 28.1. The zero-order chi connectivity index (χ0) is 21.8. The first-order valence-corrected chi connectivity index (χ1v) is 10.6. The fourth-order valence-electron chi connectivity index (χ4n) is 4.10. The maximum atomic E-state index is 12.2. The summed E-state index contributed by atoms with van der Waals surface area (Å²) >= 11 is 0. The van der Waals surface area contributed by atoms with Gasteiger partial charge in [-0.2, -0.15) is 0 Å². The van der Waals surface area contributed by atoms with Crippen LogP contribution >= 0.6 is 0 Å². The number of carbonyl (C=O) groups is 2. The highest BCUT2D eigenvalue weighted by Gasteiger charge is 2.59. The van der Waals surface area contributed by atoms with Crippen LogP contribution in [0.25, 0.3) is 0 Å². The average Bonchev–Trinajstić information content (AvgIpc) is 3.22. The van der Waals surface area contributed by atoms with Crippen molar-refractivity contribution >= 4 is 17.8 Å². The van der Waals surface area contributed by atoms with Gasteiger partial charge in [0.05, 0.1) is 12.0 Å². The van der Waals surface area contributed by atoms with Gasteiger partial charge in [0.1, 0.15) is 29.2 Å². The van der Waals surface area contributed by atoms with Crippen molar-refractivity contribution < 1.29 is 19.1 Å². The molecule has 0 saturated heterocycles. The molecule has 3 N–H and O–H groups in total. The van der Waals surface area contributed by atoms with Crippen LogP contribution in [-0.4, -0.2) is 35.6 Å². The normalized spacial score (nSPS) is 22.9. The molecule has 3 heterocycles. The molecule has 2 aromatic rings. The van der Waals surface area contributed by atoms with Crippen LogP contribution < -0.4 is 25.4 Å². The van der Waals surface area contributed by atoms with Crippen LogP contribution in [0.3, 0.4) is 0 Å². The largest absolute Gasteiger partial charge is 0.487 e. The van der Waals surface area contributed by atoms with Gasteiger partial charge in [-0.05, 0) is 36.1 Å². The maximum absolute atomic E-state index is 12.2. The first-order valence-electron chi connectivity index (χ1n) is 10.6. The highest BCUT2D eigenvalue weighted by atomic mass is 16.5. The minimum Gasteiger partial charge on any atom is -0.487 e. The third-order valence-corrected chi connectivity index (χ3v) is 5.73. The predicted octanol–water partition coefficient (Wildman–Crippen LogP) is 3.33. The number of urea groups is 1. The van der Waals surface area contributed by atoms with E-state index in [1.54, 1.807) is 6.20 Å². The molecule has 1 aliphatic carbocycles. The summed E-state index contributed by atoms with van der Waals surface area (Å²) in [5, 5.41) is 8.73. The van der Waals surface area contributed by atoms with Crippen LogP contribution in [0, 0.1) is 5.41 Å². The van der Waals surface area contributed by atoms with E-state index in [9.17, 15) is 9.59 Å². The number of ether oxygens (including phenoxy) is 2. The van der Waals surface area contributed by atoms with Crippen LogP contribution in [0.5, 0.6) is 17.2 Å². The standard InChI is InChI=1S/C23H26N4O4/c1-23(2,3)11-25-22(29)27-19-18-14-10-12(4-6-15(14)31-20(18)19)30-16-8-9-24-21-13(16)5-7-17(28)26-21/h4,6,8-10,18-20H,5,7,11H2,1-3H3,(H,24,26,28)(H2,25,27,29)/t18-,19-,20?/m0/s1. The first kappa shape index (κ1) is 19.7. The fraction of sp³-hybridized carbons (Fsp3) is 0.435. The molecule has 31 heavy (non-hydrogen) atoms. The predicted molar refractivity (Wildman–Crippen MR) is 115 cm³/mol. The minimum absolute atomic E-state index is 0.0288. The summed E-state index contributed by atoms with van der Waals surface area (Å²) < 4.78 is 12.1. The van der Waals surface area contributed by atoms with Crippen LogP contribution in [0.1, 0.15) is 44.2 Å². The number of benzene rings is 1. The molecule has 3 aliphatic rings. The summed E-state index contributed by atoms with van der Waals surface area (Å²) in [5.41, 5.74) is 1.97. The average molecular weight is 422 g/mol. The van der Waals surface area contributed by atoms with E-state index in [0.29, 0.717) is 36.7 Å². The van der Waals surface area contributed by atoms with Crippen molar-refractivity contribution in [1.82, 2.24) is 15.6 Å². The van der Waals surface area contributed by atoms with Crippen molar-refractivity contribution in [3.63, 3.8) is 0 Å². The summed E-state index contributed by atoms with van der Waals surface area (Å²) in [6, 6.07) is 7.36. The summed E-state index contributed by atoms with van der Waals surface area (Å²) in [6.45, 7) is 6.84. The number of hydrogen-bond donors (Lipinski definition) is 3. The second-order valence-corrected chi connectivity index (χ2v) is 9.51. The van der Waals surface area contributed by atoms with Gasteiger partial charge in [-0.1, -0.05) is 20.8 Å². The Morgan fingerprint density at radius 1 is 1.29 bits per heavy atom. The summed E-state index contributed by atoms with van der Waals surface area (Å²) in [7, 11) is 0. The van der Waals surface area contributed by atoms with E-state index in [1.807, 2.05) is 24.3 Å².